The molecule has 2 heterocycles. The van der Waals surface area contributed by atoms with Gasteiger partial charge in [0, 0.05) is 24.3 Å². The second-order valence-electron chi connectivity index (χ2n) is 2.77. The van der Waals surface area contributed by atoms with Gasteiger partial charge in [0.05, 0.1) is 0 Å². The minimum atomic E-state index is -0.537. The topological polar surface area (TPSA) is 121 Å². The van der Waals surface area contributed by atoms with E-state index in [0.29, 0.717) is 0 Å². The summed E-state index contributed by atoms with van der Waals surface area (Å²) in [6.07, 6.45) is 4.64. The number of carbonyl (C=O) groups excluding carboxylic acids is 5. The van der Waals surface area contributed by atoms with Gasteiger partial charge in [0.2, 0.25) is 0 Å². The molecule has 8 nitrogen and oxygen atoms in total. The molecular weight excluding hydrogens is 244 g/mol. The molecule has 8 heteroatoms. The molecule has 96 valence electrons. The Morgan fingerprint density at radius 1 is 0.944 bits per heavy atom. The van der Waals surface area contributed by atoms with Crippen LogP contribution in [0.3, 0.4) is 0 Å². The number of amides is 4. The zero-order valence-corrected chi connectivity index (χ0v) is 9.16. The molecule has 0 fully saturated rings. The van der Waals surface area contributed by atoms with Gasteiger partial charge in [-0.25, -0.2) is 0 Å². The molecule has 0 atom stereocenters. The Bertz CT molecular complexity index is 392. The molecule has 18 heavy (non-hydrogen) atoms. The van der Waals surface area contributed by atoms with Gasteiger partial charge >= 0.3 is 0 Å². The highest BCUT2D eigenvalue weighted by Crippen LogP contribution is 2.00. The summed E-state index contributed by atoms with van der Waals surface area (Å²) in [5.74, 6) is -1.57. The Hall–Kier alpha value is -2.61. The Labute approximate surface area is 102 Å². The van der Waals surface area contributed by atoms with Crippen molar-refractivity contribution >= 4 is 30.4 Å². The van der Waals surface area contributed by atoms with E-state index in [1.54, 1.807) is 0 Å². The van der Waals surface area contributed by atoms with Gasteiger partial charge in [0.15, 0.2) is 0 Å². The van der Waals surface area contributed by atoms with Crippen LogP contribution in [0.4, 0.5) is 0 Å². The number of nitrogens with one attached hydrogen (secondary N) is 1. The van der Waals surface area contributed by atoms with Gasteiger partial charge in [0.1, 0.15) is 13.5 Å². The largest absolute Gasteiger partial charge is 0.376 e. The lowest BCUT2D eigenvalue weighted by molar-refractivity contribution is -0.140. The third kappa shape index (κ3) is 4.49. The van der Waals surface area contributed by atoms with E-state index in [-0.39, 0.29) is 11.8 Å². The molecule has 0 spiro atoms. The molecule has 2 N–H and O–H groups in total. The molecule has 0 saturated carbocycles. The summed E-state index contributed by atoms with van der Waals surface area (Å²) in [7, 11) is 0. The summed E-state index contributed by atoms with van der Waals surface area (Å²) in [4.78, 5) is 49.8. The molecule has 0 unspecified atom stereocenters. The van der Waals surface area contributed by atoms with Crippen LogP contribution in [0.2, 0.25) is 0 Å². The van der Waals surface area contributed by atoms with Crippen molar-refractivity contribution in [3.8, 4) is 0 Å². The third-order valence-corrected chi connectivity index (χ3v) is 1.67. The molecule has 0 aromatic heterocycles. The van der Waals surface area contributed by atoms with E-state index >= 15 is 0 Å². The average molecular weight is 254 g/mol. The van der Waals surface area contributed by atoms with Crippen molar-refractivity contribution in [2.45, 2.75) is 0 Å². The lowest BCUT2D eigenvalue weighted by Crippen LogP contribution is -2.30. The number of hydrogen-bond acceptors (Lipinski definition) is 6. The summed E-state index contributed by atoms with van der Waals surface area (Å²) in [5, 5.41) is 10.4. The maximum absolute atomic E-state index is 10.5. The number of carbonyl (C=O) groups is 5. The van der Waals surface area contributed by atoms with Crippen molar-refractivity contribution in [2.24, 2.45) is 0 Å². The molecule has 2 aliphatic rings. The Kier molecular flexibility index (Phi) is 6.52. The third-order valence-electron chi connectivity index (χ3n) is 1.67. The van der Waals surface area contributed by atoms with Crippen LogP contribution in [0, 0.1) is 0 Å². The van der Waals surface area contributed by atoms with Gasteiger partial charge in [-0.3, -0.25) is 29.4 Å². The Morgan fingerprint density at radius 2 is 1.33 bits per heavy atom. The molecule has 0 saturated heterocycles. The first-order valence-corrected chi connectivity index (χ1v) is 4.51. The fourth-order valence-electron chi connectivity index (χ4n) is 0.927. The van der Waals surface area contributed by atoms with Crippen molar-refractivity contribution < 1.29 is 29.1 Å². The normalized spacial score (nSPS) is 15.9. The number of imide groups is 2. The highest BCUT2D eigenvalue weighted by Gasteiger charge is 2.21. The number of rotatable bonds is 1. The van der Waals surface area contributed by atoms with Crippen molar-refractivity contribution in [1.82, 2.24) is 10.2 Å². The van der Waals surface area contributed by atoms with Crippen LogP contribution in [-0.2, 0) is 24.0 Å². The van der Waals surface area contributed by atoms with Crippen LogP contribution in [-0.4, -0.2) is 47.2 Å². The first-order chi connectivity index (χ1) is 8.54. The fourth-order valence-corrected chi connectivity index (χ4v) is 0.927. The first kappa shape index (κ1) is 15.4. The molecule has 0 aromatic rings. The predicted molar refractivity (Wildman–Crippen MR) is 57.5 cm³/mol. The van der Waals surface area contributed by atoms with Gasteiger partial charge < -0.3 is 9.90 Å². The van der Waals surface area contributed by atoms with Crippen LogP contribution in [0.5, 0.6) is 0 Å². The van der Waals surface area contributed by atoms with Gasteiger partial charge in [-0.05, 0) is 0 Å². The van der Waals surface area contributed by atoms with E-state index in [0.717, 1.165) is 17.1 Å². The fraction of sp³-hybridized carbons (Fsp3) is 0.100. The van der Waals surface area contributed by atoms with E-state index in [1.165, 1.54) is 12.2 Å². The Balaban J connectivity index is 0.000000289. The molecule has 0 bridgehead atoms. The zero-order chi connectivity index (χ0) is 14.1. The van der Waals surface area contributed by atoms with Gasteiger partial charge in [-0.15, -0.1) is 0 Å². The van der Waals surface area contributed by atoms with Crippen molar-refractivity contribution in [3.63, 3.8) is 0 Å². The van der Waals surface area contributed by atoms with E-state index < -0.39 is 18.5 Å². The monoisotopic (exact) mass is 254 g/mol. The highest BCUT2D eigenvalue weighted by molar-refractivity contribution is 6.13. The highest BCUT2D eigenvalue weighted by atomic mass is 16.3. The molecule has 4 amide bonds. The number of hydrogen-bond donors (Lipinski definition) is 2. The van der Waals surface area contributed by atoms with Gasteiger partial charge in [0.25, 0.3) is 23.6 Å². The van der Waals surface area contributed by atoms with E-state index in [4.69, 9.17) is 9.90 Å². The number of aliphatic hydroxyl groups excluding tert-OH is 1. The smallest absolute Gasteiger partial charge is 0.255 e. The van der Waals surface area contributed by atoms with Gasteiger partial charge in [-0.1, -0.05) is 0 Å². The standard InChI is InChI=1S/C5H5NO3.C4H3NO2.CH2O/c7-3-6-4(8)1-2-5(6)9;6-3-1-2-4(7)5-3;1-2/h1-2,7H,3H2;1-2H,(H,5,6,7);1H2. The second kappa shape index (κ2) is 7.63. The summed E-state index contributed by atoms with van der Waals surface area (Å²) < 4.78 is 0. The summed E-state index contributed by atoms with van der Waals surface area (Å²) in [6.45, 7) is 1.46. The molecule has 0 aromatic carbocycles. The summed E-state index contributed by atoms with van der Waals surface area (Å²) in [6, 6.07) is 0. The lowest BCUT2D eigenvalue weighted by atomic mass is 10.6. The predicted octanol–water partition coefficient (Wildman–Crippen LogP) is -2.12. The first-order valence-electron chi connectivity index (χ1n) is 4.51. The maximum atomic E-state index is 10.5. The van der Waals surface area contributed by atoms with Crippen LogP contribution in [0.1, 0.15) is 0 Å². The maximum Gasteiger partial charge on any atom is 0.255 e. The quantitative estimate of drug-likeness (QED) is 0.516. The second-order valence-corrected chi connectivity index (χ2v) is 2.77. The summed E-state index contributed by atoms with van der Waals surface area (Å²) >= 11 is 0. The van der Waals surface area contributed by atoms with Crippen LogP contribution in [0.15, 0.2) is 24.3 Å². The minimum Gasteiger partial charge on any atom is -0.376 e. The number of aliphatic hydroxyl groups is 1. The van der Waals surface area contributed by atoms with Crippen molar-refractivity contribution in [3.05, 3.63) is 24.3 Å². The molecule has 0 aliphatic carbocycles. The van der Waals surface area contributed by atoms with E-state index in [9.17, 15) is 19.2 Å². The number of nitrogens with zero attached hydrogens (tertiary/aromatic N) is 1. The van der Waals surface area contributed by atoms with Crippen molar-refractivity contribution in [1.29, 1.82) is 0 Å². The van der Waals surface area contributed by atoms with Crippen LogP contribution >= 0.6 is 0 Å². The average Bonchev–Trinajstić information content (AvgIpc) is 2.89. The van der Waals surface area contributed by atoms with Crippen LogP contribution < -0.4 is 5.32 Å². The molecule has 2 aliphatic heterocycles. The molecular formula is C10H10N2O6. The van der Waals surface area contributed by atoms with Crippen LogP contribution in [0.25, 0.3) is 0 Å². The van der Waals surface area contributed by atoms with Crippen molar-refractivity contribution in [2.75, 3.05) is 6.73 Å². The lowest BCUT2D eigenvalue weighted by Gasteiger charge is -2.06. The van der Waals surface area contributed by atoms with E-state index in [1.807, 2.05) is 12.1 Å². The summed E-state index contributed by atoms with van der Waals surface area (Å²) in [5.41, 5.74) is 0. The molecule has 2 rings (SSSR count). The zero-order valence-electron chi connectivity index (χ0n) is 9.16. The minimum absolute atomic E-state index is 0.329. The SMILES string of the molecule is C=O.O=C1C=CC(=O)N1.O=C1C=CC(=O)N1CO. The molecule has 0 radical (unpaired) electrons. The van der Waals surface area contributed by atoms with E-state index in [2.05, 4.69) is 0 Å². The van der Waals surface area contributed by atoms with Gasteiger partial charge in [-0.2, -0.15) is 0 Å². The Morgan fingerprint density at radius 3 is 1.50 bits per heavy atom.